The molecule has 0 rings (SSSR count). The molecule has 148 valence electrons. The maximum absolute atomic E-state index is 11.1. The second kappa shape index (κ2) is 14.2. The minimum atomic E-state index is -0.917. The van der Waals surface area contributed by atoms with Crippen molar-refractivity contribution < 1.29 is 38.7 Å². The van der Waals surface area contributed by atoms with Gasteiger partial charge in [0.25, 0.3) is 0 Å². The molecule has 26 heavy (non-hydrogen) atoms. The number of carbonyl (C=O) groups excluding carboxylic acids is 2. The summed E-state index contributed by atoms with van der Waals surface area (Å²) in [4.78, 5) is 22.3. The molecule has 0 saturated heterocycles. The first-order valence-electron chi connectivity index (χ1n) is 8.05. The van der Waals surface area contributed by atoms with Crippen molar-refractivity contribution in [2.75, 3.05) is 39.6 Å². The van der Waals surface area contributed by atoms with E-state index in [0.29, 0.717) is 0 Å². The summed E-state index contributed by atoms with van der Waals surface area (Å²) in [5.74, 6) is -1.12. The van der Waals surface area contributed by atoms with Gasteiger partial charge in [0.05, 0.1) is 26.4 Å². The van der Waals surface area contributed by atoms with Crippen LogP contribution in [0.2, 0.25) is 0 Å². The molecule has 0 fully saturated rings. The van der Waals surface area contributed by atoms with Gasteiger partial charge in [-0.15, -0.1) is 0 Å². The maximum Gasteiger partial charge on any atom is 0.333 e. The zero-order valence-corrected chi connectivity index (χ0v) is 15.3. The van der Waals surface area contributed by atoms with Crippen molar-refractivity contribution in [2.24, 2.45) is 0 Å². The third-order valence-electron chi connectivity index (χ3n) is 2.73. The Morgan fingerprint density at radius 3 is 1.46 bits per heavy atom. The number of aliphatic hydroxyl groups is 2. The Bertz CT molecular complexity index is 453. The van der Waals surface area contributed by atoms with Gasteiger partial charge in [-0.3, -0.25) is 0 Å². The van der Waals surface area contributed by atoms with Crippen molar-refractivity contribution in [3.05, 3.63) is 36.5 Å². The highest BCUT2D eigenvalue weighted by Gasteiger charge is 2.10. The second-order valence-electron chi connectivity index (χ2n) is 5.61. The van der Waals surface area contributed by atoms with Crippen molar-refractivity contribution in [3.8, 4) is 0 Å². The minimum Gasteiger partial charge on any atom is -0.460 e. The third kappa shape index (κ3) is 13.3. The topological polar surface area (TPSA) is 112 Å². The van der Waals surface area contributed by atoms with E-state index < -0.39 is 24.1 Å². The number of esters is 2. The lowest BCUT2D eigenvalue weighted by molar-refractivity contribution is -0.143. The molecule has 0 radical (unpaired) electrons. The summed E-state index contributed by atoms with van der Waals surface area (Å²) in [5, 5.41) is 19.1. The predicted molar refractivity (Wildman–Crippen MR) is 94.3 cm³/mol. The lowest BCUT2D eigenvalue weighted by Gasteiger charge is -2.11. The zero-order chi connectivity index (χ0) is 19.9. The van der Waals surface area contributed by atoms with Gasteiger partial charge in [-0.05, 0) is 13.8 Å². The summed E-state index contributed by atoms with van der Waals surface area (Å²) in [7, 11) is 0. The van der Waals surface area contributed by atoms with Crippen LogP contribution in [0.1, 0.15) is 13.8 Å². The molecular formula is C18H28O8. The van der Waals surface area contributed by atoms with Gasteiger partial charge in [0.15, 0.2) is 0 Å². The van der Waals surface area contributed by atoms with E-state index in [1.54, 1.807) is 12.2 Å². The van der Waals surface area contributed by atoms with Gasteiger partial charge in [0.2, 0.25) is 0 Å². The SMILES string of the molecule is C=C(C)C(=O)OCC(O)COC/C=C\COCC(O)COC(=O)C(=C)C. The van der Waals surface area contributed by atoms with Crippen molar-refractivity contribution in [1.29, 1.82) is 0 Å². The smallest absolute Gasteiger partial charge is 0.333 e. The molecule has 0 bridgehead atoms. The molecule has 0 aliphatic carbocycles. The zero-order valence-electron chi connectivity index (χ0n) is 15.3. The van der Waals surface area contributed by atoms with E-state index >= 15 is 0 Å². The van der Waals surface area contributed by atoms with Gasteiger partial charge in [0, 0.05) is 11.1 Å². The van der Waals surface area contributed by atoms with Crippen LogP contribution in [0.3, 0.4) is 0 Å². The molecule has 2 unspecified atom stereocenters. The van der Waals surface area contributed by atoms with Crippen LogP contribution in [0, 0.1) is 0 Å². The molecule has 2 N–H and O–H groups in total. The van der Waals surface area contributed by atoms with Gasteiger partial charge in [-0.2, -0.15) is 0 Å². The highest BCUT2D eigenvalue weighted by molar-refractivity contribution is 5.87. The van der Waals surface area contributed by atoms with Gasteiger partial charge in [0.1, 0.15) is 25.4 Å². The van der Waals surface area contributed by atoms with Crippen LogP contribution in [0.15, 0.2) is 36.5 Å². The Morgan fingerprint density at radius 1 is 0.808 bits per heavy atom. The van der Waals surface area contributed by atoms with Crippen LogP contribution in [0.25, 0.3) is 0 Å². The number of ether oxygens (including phenoxy) is 4. The highest BCUT2D eigenvalue weighted by atomic mass is 16.6. The van der Waals surface area contributed by atoms with E-state index in [1.807, 2.05) is 0 Å². The van der Waals surface area contributed by atoms with Gasteiger partial charge in [-0.1, -0.05) is 25.3 Å². The monoisotopic (exact) mass is 372 g/mol. The fourth-order valence-corrected chi connectivity index (χ4v) is 1.37. The first kappa shape index (κ1) is 24.0. The quantitative estimate of drug-likeness (QED) is 0.197. The Morgan fingerprint density at radius 2 is 1.15 bits per heavy atom. The van der Waals surface area contributed by atoms with Crippen LogP contribution in [0.5, 0.6) is 0 Å². The third-order valence-corrected chi connectivity index (χ3v) is 2.73. The van der Waals surface area contributed by atoms with Crippen LogP contribution >= 0.6 is 0 Å². The Balaban J connectivity index is 3.61. The van der Waals surface area contributed by atoms with E-state index in [4.69, 9.17) is 18.9 Å². The fourth-order valence-electron chi connectivity index (χ4n) is 1.37. The molecule has 0 heterocycles. The number of carbonyl (C=O) groups is 2. The predicted octanol–water partition coefficient (Wildman–Crippen LogP) is 0.536. The van der Waals surface area contributed by atoms with Gasteiger partial charge < -0.3 is 29.2 Å². The normalized spacial score (nSPS) is 13.2. The summed E-state index contributed by atoms with van der Waals surface area (Å²) in [6.07, 6.45) is 1.53. The molecular weight excluding hydrogens is 344 g/mol. The van der Waals surface area contributed by atoms with Gasteiger partial charge >= 0.3 is 11.9 Å². The maximum atomic E-state index is 11.1. The number of hydrogen-bond donors (Lipinski definition) is 2. The standard InChI is InChI=1S/C18H28O8/c1-13(2)17(21)25-11-15(19)9-23-7-5-6-8-24-10-16(20)12-26-18(22)14(3)4/h5-6,15-16,19-20H,1,3,7-12H2,2,4H3/b6-5-. The first-order valence-corrected chi connectivity index (χ1v) is 8.05. The molecule has 0 saturated carbocycles. The van der Waals surface area contributed by atoms with E-state index in [0.717, 1.165) is 0 Å². The van der Waals surface area contributed by atoms with Crippen LogP contribution in [-0.2, 0) is 28.5 Å². The number of aliphatic hydroxyl groups excluding tert-OH is 2. The molecule has 0 aliphatic heterocycles. The Hall–Kier alpha value is -2.00. The highest BCUT2D eigenvalue weighted by Crippen LogP contribution is 1.96. The lowest BCUT2D eigenvalue weighted by Crippen LogP contribution is -2.24. The van der Waals surface area contributed by atoms with Crippen LogP contribution < -0.4 is 0 Å². The minimum absolute atomic E-state index is 0.0153. The van der Waals surface area contributed by atoms with Crippen molar-refractivity contribution in [1.82, 2.24) is 0 Å². The first-order chi connectivity index (χ1) is 12.2. The average molecular weight is 372 g/mol. The van der Waals surface area contributed by atoms with Crippen molar-refractivity contribution in [2.45, 2.75) is 26.1 Å². The lowest BCUT2D eigenvalue weighted by atomic mass is 10.3. The number of rotatable bonds is 14. The molecule has 0 aromatic heterocycles. The second-order valence-corrected chi connectivity index (χ2v) is 5.61. The molecule has 0 spiro atoms. The van der Waals surface area contributed by atoms with E-state index in [-0.39, 0.29) is 50.8 Å². The van der Waals surface area contributed by atoms with E-state index in [1.165, 1.54) is 13.8 Å². The molecule has 2 atom stereocenters. The molecule has 8 nitrogen and oxygen atoms in total. The molecule has 0 amide bonds. The van der Waals surface area contributed by atoms with Gasteiger partial charge in [-0.25, -0.2) is 9.59 Å². The van der Waals surface area contributed by atoms with Crippen molar-refractivity contribution >= 4 is 11.9 Å². The number of hydrogen-bond acceptors (Lipinski definition) is 8. The summed E-state index contributed by atoms with van der Waals surface area (Å²) >= 11 is 0. The van der Waals surface area contributed by atoms with E-state index in [2.05, 4.69) is 13.2 Å². The molecule has 0 aromatic rings. The molecule has 0 aromatic carbocycles. The van der Waals surface area contributed by atoms with Crippen LogP contribution in [-0.4, -0.2) is 74.0 Å². The Kier molecular flexibility index (Phi) is 13.1. The summed E-state index contributed by atoms with van der Waals surface area (Å²) < 4.78 is 19.9. The van der Waals surface area contributed by atoms with Crippen LogP contribution in [0.4, 0.5) is 0 Å². The molecule has 8 heteroatoms. The molecule has 0 aliphatic rings. The summed E-state index contributed by atoms with van der Waals surface area (Å²) in [6, 6.07) is 0. The summed E-state index contributed by atoms with van der Waals surface area (Å²) in [5.41, 5.74) is 0.528. The average Bonchev–Trinajstić information content (AvgIpc) is 2.59. The summed E-state index contributed by atoms with van der Waals surface area (Å²) in [6.45, 7) is 10.1. The van der Waals surface area contributed by atoms with E-state index in [9.17, 15) is 19.8 Å². The Labute approximate surface area is 153 Å². The fraction of sp³-hybridized carbons (Fsp3) is 0.556. The van der Waals surface area contributed by atoms with Crippen molar-refractivity contribution in [3.63, 3.8) is 0 Å². The largest absolute Gasteiger partial charge is 0.460 e.